The Morgan fingerprint density at radius 3 is 2.74 bits per heavy atom. The first-order chi connectivity index (χ1) is 13.2. The quantitative estimate of drug-likeness (QED) is 0.752. The molecule has 1 aliphatic carbocycles. The molecule has 1 amide bonds. The molecule has 3 heterocycles. The lowest BCUT2D eigenvalue weighted by atomic mass is 9.77. The second-order valence-electron chi connectivity index (χ2n) is 7.59. The van der Waals surface area contributed by atoms with E-state index in [0.29, 0.717) is 30.4 Å². The molecule has 27 heavy (non-hydrogen) atoms. The molecule has 2 aromatic heterocycles. The van der Waals surface area contributed by atoms with Crippen molar-refractivity contribution >= 4 is 16.8 Å². The zero-order valence-corrected chi connectivity index (χ0v) is 14.8. The number of aromatic nitrogens is 4. The van der Waals surface area contributed by atoms with Gasteiger partial charge < -0.3 is 10.0 Å². The van der Waals surface area contributed by atoms with E-state index in [-0.39, 0.29) is 11.9 Å². The van der Waals surface area contributed by atoms with Gasteiger partial charge in [-0.1, -0.05) is 18.2 Å². The topological polar surface area (TPSA) is 84.1 Å². The van der Waals surface area contributed by atoms with Crippen LogP contribution in [0.15, 0.2) is 49.2 Å². The summed E-state index contributed by atoms with van der Waals surface area (Å²) < 4.78 is 1.75. The number of nitrogens with zero attached hydrogens (tertiary/aromatic N) is 5. The Morgan fingerprint density at radius 2 is 1.93 bits per heavy atom. The molecule has 0 spiro atoms. The summed E-state index contributed by atoms with van der Waals surface area (Å²) in [6.07, 6.45) is 5.91. The zero-order chi connectivity index (χ0) is 18.4. The molecule has 1 aromatic carbocycles. The second kappa shape index (κ2) is 6.42. The van der Waals surface area contributed by atoms with E-state index in [1.54, 1.807) is 23.3 Å². The number of aliphatic hydroxyl groups is 1. The van der Waals surface area contributed by atoms with Crippen molar-refractivity contribution in [3.8, 4) is 0 Å². The summed E-state index contributed by atoms with van der Waals surface area (Å²) in [6.45, 7) is 1.42. The number of pyridine rings is 1. The molecule has 1 N–H and O–H groups in total. The molecule has 7 heteroatoms. The number of para-hydroxylation sites is 1. The average molecular weight is 363 g/mol. The van der Waals surface area contributed by atoms with Crippen LogP contribution in [-0.2, 0) is 0 Å². The number of carbonyl (C=O) groups excluding carboxylic acids is 1. The number of benzene rings is 1. The van der Waals surface area contributed by atoms with Crippen molar-refractivity contribution < 1.29 is 9.90 Å². The van der Waals surface area contributed by atoms with Crippen LogP contribution in [0.2, 0.25) is 0 Å². The van der Waals surface area contributed by atoms with E-state index in [0.717, 1.165) is 23.9 Å². The van der Waals surface area contributed by atoms with Crippen LogP contribution < -0.4 is 0 Å². The number of carbonyl (C=O) groups is 1. The highest BCUT2D eigenvalue weighted by molar-refractivity contribution is 6.06. The first kappa shape index (κ1) is 16.4. The summed E-state index contributed by atoms with van der Waals surface area (Å²) >= 11 is 0. The Bertz CT molecular complexity index is 968. The van der Waals surface area contributed by atoms with Crippen LogP contribution in [-0.4, -0.2) is 54.9 Å². The molecule has 1 aliphatic heterocycles. The first-order valence-electron chi connectivity index (χ1n) is 9.36. The van der Waals surface area contributed by atoms with Crippen molar-refractivity contribution in [3.63, 3.8) is 0 Å². The van der Waals surface area contributed by atoms with Crippen molar-refractivity contribution in [3.05, 3.63) is 54.7 Å². The molecule has 2 aliphatic rings. The summed E-state index contributed by atoms with van der Waals surface area (Å²) in [5.74, 6) is 0.756. The maximum atomic E-state index is 13.2. The van der Waals surface area contributed by atoms with Gasteiger partial charge in [0.1, 0.15) is 12.7 Å². The Labute approximate surface area is 156 Å². The molecule has 0 unspecified atom stereocenters. The summed E-state index contributed by atoms with van der Waals surface area (Å²) in [5.41, 5.74) is 1.54. The number of amides is 1. The Hall–Kier alpha value is -2.80. The van der Waals surface area contributed by atoms with Crippen molar-refractivity contribution in [1.29, 1.82) is 0 Å². The molecular weight excluding hydrogens is 342 g/mol. The maximum absolute atomic E-state index is 13.2. The molecule has 138 valence electrons. The third kappa shape index (κ3) is 2.78. The fraction of sp³-hybridized carbons (Fsp3) is 0.400. The van der Waals surface area contributed by atoms with Crippen LogP contribution in [0.3, 0.4) is 0 Å². The zero-order valence-electron chi connectivity index (χ0n) is 14.8. The van der Waals surface area contributed by atoms with Crippen LogP contribution in [0.1, 0.15) is 29.2 Å². The van der Waals surface area contributed by atoms with Gasteiger partial charge in [0.15, 0.2) is 0 Å². The number of hydrogen-bond acceptors (Lipinski definition) is 5. The van der Waals surface area contributed by atoms with Crippen molar-refractivity contribution in [2.45, 2.75) is 25.0 Å². The van der Waals surface area contributed by atoms with E-state index < -0.39 is 6.10 Å². The van der Waals surface area contributed by atoms with Gasteiger partial charge in [0, 0.05) is 24.7 Å². The summed E-state index contributed by atoms with van der Waals surface area (Å²) in [4.78, 5) is 23.5. The van der Waals surface area contributed by atoms with Gasteiger partial charge in [-0.25, -0.2) is 9.67 Å². The molecule has 0 radical (unpaired) electrons. The standard InChI is InChI=1S/C20H21N5O2/c26-19-8-14-10-24(9-13(14)7-18(19)25-12-21-11-23-25)20(27)16-5-6-22-17-4-2-1-3-15(16)17/h1-6,11-14,18-19,26H,7-10H2/t13-,14+,18-,19-/m1/s1. The molecular formula is C20H21N5O2. The Balaban J connectivity index is 1.38. The molecule has 4 atom stereocenters. The average Bonchev–Trinajstić information content (AvgIpc) is 3.35. The fourth-order valence-corrected chi connectivity index (χ4v) is 4.70. The van der Waals surface area contributed by atoms with Crippen LogP contribution >= 0.6 is 0 Å². The molecule has 1 saturated carbocycles. The van der Waals surface area contributed by atoms with Crippen LogP contribution in [0, 0.1) is 11.8 Å². The summed E-state index contributed by atoms with van der Waals surface area (Å²) in [5, 5.41) is 15.7. The highest BCUT2D eigenvalue weighted by Crippen LogP contribution is 2.41. The number of fused-ring (bicyclic) bond motifs is 2. The lowest BCUT2D eigenvalue weighted by Crippen LogP contribution is -2.36. The maximum Gasteiger partial charge on any atom is 0.254 e. The minimum absolute atomic E-state index is 0.0507. The minimum Gasteiger partial charge on any atom is -0.391 e. The smallest absolute Gasteiger partial charge is 0.254 e. The monoisotopic (exact) mass is 363 g/mol. The summed E-state index contributed by atoms with van der Waals surface area (Å²) in [6, 6.07) is 9.48. The predicted molar refractivity (Wildman–Crippen MR) is 98.9 cm³/mol. The van der Waals surface area contributed by atoms with E-state index in [2.05, 4.69) is 15.1 Å². The molecule has 3 aromatic rings. The highest BCUT2D eigenvalue weighted by atomic mass is 16.3. The van der Waals surface area contributed by atoms with Crippen molar-refractivity contribution in [2.24, 2.45) is 11.8 Å². The SMILES string of the molecule is O=C(c1ccnc2ccccc12)N1C[C@H]2C[C@@H](n3cncn3)[C@H](O)C[C@H]2C1. The van der Waals surface area contributed by atoms with Gasteiger partial charge in [-0.3, -0.25) is 9.78 Å². The fourth-order valence-electron chi connectivity index (χ4n) is 4.70. The van der Waals surface area contributed by atoms with E-state index >= 15 is 0 Å². The van der Waals surface area contributed by atoms with Gasteiger partial charge in [-0.2, -0.15) is 5.10 Å². The van der Waals surface area contributed by atoms with Gasteiger partial charge in [-0.05, 0) is 36.8 Å². The predicted octanol–water partition coefficient (Wildman–Crippen LogP) is 1.91. The minimum atomic E-state index is -0.454. The lowest BCUT2D eigenvalue weighted by molar-refractivity contribution is 0.0304. The van der Waals surface area contributed by atoms with Gasteiger partial charge in [0.05, 0.1) is 23.2 Å². The van der Waals surface area contributed by atoms with Gasteiger partial charge in [0.2, 0.25) is 0 Å². The van der Waals surface area contributed by atoms with Crippen LogP contribution in [0.4, 0.5) is 0 Å². The van der Waals surface area contributed by atoms with E-state index in [4.69, 9.17) is 0 Å². The van der Waals surface area contributed by atoms with Crippen LogP contribution in [0.25, 0.3) is 10.9 Å². The number of hydrogen-bond donors (Lipinski definition) is 1. The lowest BCUT2D eigenvalue weighted by Gasteiger charge is -2.34. The van der Waals surface area contributed by atoms with E-state index in [1.165, 1.54) is 6.33 Å². The van der Waals surface area contributed by atoms with Crippen LogP contribution in [0.5, 0.6) is 0 Å². The molecule has 5 rings (SSSR count). The normalized spacial score (nSPS) is 27.7. The largest absolute Gasteiger partial charge is 0.391 e. The highest BCUT2D eigenvalue weighted by Gasteiger charge is 2.44. The second-order valence-corrected chi connectivity index (χ2v) is 7.59. The number of rotatable bonds is 2. The van der Waals surface area contributed by atoms with Gasteiger partial charge >= 0.3 is 0 Å². The summed E-state index contributed by atoms with van der Waals surface area (Å²) in [7, 11) is 0. The Kier molecular flexibility index (Phi) is 3.89. The van der Waals surface area contributed by atoms with Crippen molar-refractivity contribution in [1.82, 2.24) is 24.6 Å². The number of aliphatic hydroxyl groups excluding tert-OH is 1. The van der Waals surface area contributed by atoms with E-state index in [1.807, 2.05) is 29.2 Å². The third-order valence-corrected chi connectivity index (χ3v) is 6.05. The number of likely N-dealkylation sites (tertiary alicyclic amines) is 1. The third-order valence-electron chi connectivity index (χ3n) is 6.05. The van der Waals surface area contributed by atoms with Crippen molar-refractivity contribution in [2.75, 3.05) is 13.1 Å². The molecule has 0 bridgehead atoms. The van der Waals surface area contributed by atoms with Gasteiger partial charge in [0.25, 0.3) is 5.91 Å². The molecule has 2 fully saturated rings. The molecule has 7 nitrogen and oxygen atoms in total. The Morgan fingerprint density at radius 1 is 1.11 bits per heavy atom. The van der Waals surface area contributed by atoms with E-state index in [9.17, 15) is 9.90 Å². The molecule has 1 saturated heterocycles. The van der Waals surface area contributed by atoms with Gasteiger partial charge in [-0.15, -0.1) is 0 Å². The first-order valence-corrected chi connectivity index (χ1v) is 9.36.